The first-order chi connectivity index (χ1) is 16.4. The Balaban J connectivity index is 1.98. The highest BCUT2D eigenvalue weighted by molar-refractivity contribution is 6.34. The summed E-state index contributed by atoms with van der Waals surface area (Å²) in [5.74, 6) is -2.24. The number of aliphatic hydroxyl groups excluding tert-OH is 1. The summed E-state index contributed by atoms with van der Waals surface area (Å²) in [5.41, 5.74) is 1.80. The van der Waals surface area contributed by atoms with Crippen molar-refractivity contribution in [1.82, 2.24) is 10.6 Å². The Morgan fingerprint density at radius 1 is 1.12 bits per heavy atom. The van der Waals surface area contributed by atoms with Crippen LogP contribution in [0, 0.1) is 11.6 Å². The average molecular weight is 487 g/mol. The van der Waals surface area contributed by atoms with Crippen molar-refractivity contribution in [1.29, 1.82) is 0 Å². The number of carbonyl (C=O) groups excluding carboxylic acids is 1. The van der Waals surface area contributed by atoms with Crippen molar-refractivity contribution < 1.29 is 23.4 Å². The zero-order valence-corrected chi connectivity index (χ0v) is 19.6. The number of benzene rings is 3. The van der Waals surface area contributed by atoms with Gasteiger partial charge in [-0.05, 0) is 54.8 Å². The Bertz CT molecular complexity index is 1240. The Hall–Kier alpha value is -3.00. The minimum Gasteiger partial charge on any atom is -0.488 e. The molecule has 0 saturated carbocycles. The number of hydrogen-bond donors (Lipinski definition) is 3. The molecule has 0 aliphatic heterocycles. The van der Waals surface area contributed by atoms with E-state index in [-0.39, 0.29) is 40.7 Å². The van der Waals surface area contributed by atoms with Crippen molar-refractivity contribution in [3.63, 3.8) is 0 Å². The number of ether oxygens (including phenoxy) is 1. The molecule has 0 aromatic heterocycles. The highest BCUT2D eigenvalue weighted by Crippen LogP contribution is 2.47. The Morgan fingerprint density at radius 3 is 2.50 bits per heavy atom. The molecule has 0 bridgehead atoms. The number of aliphatic hydroxyl groups is 1. The van der Waals surface area contributed by atoms with E-state index in [1.807, 2.05) is 37.4 Å². The fourth-order valence-electron chi connectivity index (χ4n) is 4.70. The number of carbonyl (C=O) groups is 1. The van der Waals surface area contributed by atoms with Crippen LogP contribution in [0.1, 0.15) is 27.0 Å². The maximum absolute atomic E-state index is 15.8. The van der Waals surface area contributed by atoms with Gasteiger partial charge in [0.05, 0.1) is 22.7 Å². The standard InChI is InChI=1S/C26H25ClF2N2O3/c1-30-25(33)17-8-9-20(34-11-10-32)24(29)22(17)21-18-14-26(31-2,16-6-4-3-5-7-16)13-15(18)12-19(28)23(21)27/h3-9,12,31-32H,10-11,13-14H2,1-2H3,(H,30,33)/t26-/m1/s1. The van der Waals surface area contributed by atoms with E-state index in [0.29, 0.717) is 24.0 Å². The van der Waals surface area contributed by atoms with Gasteiger partial charge in [-0.15, -0.1) is 0 Å². The molecule has 3 N–H and O–H groups in total. The molecular weight excluding hydrogens is 462 g/mol. The van der Waals surface area contributed by atoms with Crippen molar-refractivity contribution in [2.75, 3.05) is 27.3 Å². The molecule has 178 valence electrons. The van der Waals surface area contributed by atoms with Crippen molar-refractivity contribution in [3.05, 3.63) is 87.4 Å². The predicted octanol–water partition coefficient (Wildman–Crippen LogP) is 4.23. The van der Waals surface area contributed by atoms with Crippen LogP contribution in [0.25, 0.3) is 11.1 Å². The molecule has 1 aliphatic rings. The monoisotopic (exact) mass is 486 g/mol. The molecule has 0 radical (unpaired) electrons. The number of rotatable bonds is 7. The van der Waals surface area contributed by atoms with Gasteiger partial charge in [0.1, 0.15) is 12.4 Å². The lowest BCUT2D eigenvalue weighted by Crippen LogP contribution is -2.40. The number of nitrogens with one attached hydrogen (secondary N) is 2. The van der Waals surface area contributed by atoms with E-state index in [2.05, 4.69) is 10.6 Å². The zero-order valence-electron chi connectivity index (χ0n) is 18.8. The van der Waals surface area contributed by atoms with Crippen LogP contribution in [0.15, 0.2) is 48.5 Å². The van der Waals surface area contributed by atoms with E-state index in [0.717, 1.165) is 5.56 Å². The van der Waals surface area contributed by atoms with Crippen molar-refractivity contribution >= 4 is 17.5 Å². The first-order valence-corrected chi connectivity index (χ1v) is 11.3. The largest absolute Gasteiger partial charge is 0.488 e. The van der Waals surface area contributed by atoms with Crippen LogP contribution >= 0.6 is 11.6 Å². The zero-order chi connectivity index (χ0) is 24.5. The van der Waals surface area contributed by atoms with Crippen molar-refractivity contribution in [2.24, 2.45) is 0 Å². The minimum atomic E-state index is -0.842. The van der Waals surface area contributed by atoms with E-state index < -0.39 is 23.1 Å². The van der Waals surface area contributed by atoms with E-state index in [1.54, 1.807) is 0 Å². The first-order valence-electron chi connectivity index (χ1n) is 10.9. The molecule has 0 spiro atoms. The Kier molecular flexibility index (Phi) is 6.89. The normalized spacial score (nSPS) is 16.9. The third-order valence-corrected chi connectivity index (χ3v) is 6.74. The van der Waals surface area contributed by atoms with Crippen LogP contribution in [0.4, 0.5) is 8.78 Å². The van der Waals surface area contributed by atoms with Gasteiger partial charge in [0.2, 0.25) is 0 Å². The summed E-state index contributed by atoms with van der Waals surface area (Å²) in [5, 5.41) is 14.7. The average Bonchev–Trinajstić information content (AvgIpc) is 3.24. The summed E-state index contributed by atoms with van der Waals surface area (Å²) in [6.45, 7) is -0.453. The summed E-state index contributed by atoms with van der Waals surface area (Å²) in [7, 11) is 3.26. The summed E-state index contributed by atoms with van der Waals surface area (Å²) >= 11 is 6.47. The van der Waals surface area contributed by atoms with Crippen molar-refractivity contribution in [3.8, 4) is 16.9 Å². The number of fused-ring (bicyclic) bond motifs is 1. The molecule has 34 heavy (non-hydrogen) atoms. The lowest BCUT2D eigenvalue weighted by Gasteiger charge is -2.29. The van der Waals surface area contributed by atoms with Crippen LogP contribution in [0.2, 0.25) is 5.02 Å². The van der Waals surface area contributed by atoms with Gasteiger partial charge in [0, 0.05) is 18.2 Å². The van der Waals surface area contributed by atoms with Gasteiger partial charge < -0.3 is 20.5 Å². The molecule has 8 heteroatoms. The predicted molar refractivity (Wildman–Crippen MR) is 127 cm³/mol. The van der Waals surface area contributed by atoms with Gasteiger partial charge in [-0.25, -0.2) is 8.78 Å². The summed E-state index contributed by atoms with van der Waals surface area (Å²) < 4.78 is 36.3. The molecule has 3 aromatic rings. The smallest absolute Gasteiger partial charge is 0.251 e. The van der Waals surface area contributed by atoms with Crippen LogP contribution < -0.4 is 15.4 Å². The van der Waals surface area contributed by atoms with E-state index in [1.165, 1.54) is 25.2 Å². The SMILES string of the molecule is CNC(=O)c1ccc(OCCO)c(F)c1-c1c(Cl)c(F)cc2c1C[C@@](NC)(c1ccccc1)C2. The summed E-state index contributed by atoms with van der Waals surface area (Å²) in [6, 6.07) is 13.9. The lowest BCUT2D eigenvalue weighted by atomic mass is 9.86. The van der Waals surface area contributed by atoms with Gasteiger partial charge in [0.25, 0.3) is 5.91 Å². The van der Waals surface area contributed by atoms with Crippen LogP contribution in [0.5, 0.6) is 5.75 Å². The highest BCUT2D eigenvalue weighted by Gasteiger charge is 2.41. The number of amides is 1. The van der Waals surface area contributed by atoms with Crippen LogP contribution in [-0.4, -0.2) is 38.3 Å². The van der Waals surface area contributed by atoms with Gasteiger partial charge in [0.15, 0.2) is 11.6 Å². The summed E-state index contributed by atoms with van der Waals surface area (Å²) in [6.07, 6.45) is 0.869. The van der Waals surface area contributed by atoms with E-state index in [4.69, 9.17) is 21.4 Å². The topological polar surface area (TPSA) is 70.6 Å². The number of likely N-dealkylation sites (N-methyl/N-ethyl adjacent to an activating group) is 1. The molecule has 4 rings (SSSR count). The molecule has 0 unspecified atom stereocenters. The third kappa shape index (κ3) is 4.04. The lowest BCUT2D eigenvalue weighted by molar-refractivity contribution is 0.0963. The third-order valence-electron chi connectivity index (χ3n) is 6.37. The second kappa shape index (κ2) is 9.70. The Labute approximate surface area is 201 Å². The first kappa shape index (κ1) is 24.1. The molecule has 3 aromatic carbocycles. The molecule has 1 atom stereocenters. The molecule has 0 fully saturated rings. The maximum Gasteiger partial charge on any atom is 0.251 e. The van der Waals surface area contributed by atoms with Crippen molar-refractivity contribution in [2.45, 2.75) is 18.4 Å². The molecule has 0 heterocycles. The number of halogens is 3. The Morgan fingerprint density at radius 2 is 1.85 bits per heavy atom. The fourth-order valence-corrected chi connectivity index (χ4v) is 4.96. The van der Waals surface area contributed by atoms with Gasteiger partial charge in [-0.3, -0.25) is 4.79 Å². The minimum absolute atomic E-state index is 0.00715. The van der Waals surface area contributed by atoms with E-state index >= 15 is 8.78 Å². The second-order valence-corrected chi connectivity index (χ2v) is 8.57. The molecule has 0 saturated heterocycles. The molecular formula is C26H25ClF2N2O3. The molecule has 1 aliphatic carbocycles. The second-order valence-electron chi connectivity index (χ2n) is 8.19. The van der Waals surface area contributed by atoms with Crippen LogP contribution in [0.3, 0.4) is 0 Å². The van der Waals surface area contributed by atoms with Gasteiger partial charge in [-0.1, -0.05) is 41.9 Å². The fraction of sp³-hybridized carbons (Fsp3) is 0.269. The summed E-state index contributed by atoms with van der Waals surface area (Å²) in [4.78, 5) is 12.7. The maximum atomic E-state index is 15.8. The number of hydrogen-bond acceptors (Lipinski definition) is 4. The van der Waals surface area contributed by atoms with E-state index in [9.17, 15) is 4.79 Å². The quantitative estimate of drug-likeness (QED) is 0.467. The van der Waals surface area contributed by atoms with Gasteiger partial charge >= 0.3 is 0 Å². The molecule has 1 amide bonds. The molecule has 5 nitrogen and oxygen atoms in total. The van der Waals surface area contributed by atoms with Gasteiger partial charge in [-0.2, -0.15) is 0 Å². The highest BCUT2D eigenvalue weighted by atomic mass is 35.5. The van der Waals surface area contributed by atoms with Crippen LogP contribution in [-0.2, 0) is 18.4 Å².